The lowest BCUT2D eigenvalue weighted by Crippen LogP contribution is -2.35. The molecule has 0 N–H and O–H groups in total. The number of Topliss-reactive ketones (excluding diaryl/α,β-unsaturated/α-hetero) is 1. The van der Waals surface area contributed by atoms with Crippen LogP contribution in [0.1, 0.15) is 20.3 Å². The zero-order valence-corrected chi connectivity index (χ0v) is 11.3. The number of alkyl halides is 3. The Bertz CT molecular complexity index is 317. The van der Waals surface area contributed by atoms with E-state index in [0.717, 1.165) is 6.42 Å². The Hall–Kier alpha value is -0.520. The standard InChI is InChI=1S/C11H15BrF3NO/c1-7-3-8(2)5-16(4-7)6-9(12)10(17)11(13,14)15/h6-8H,3-5H2,1-2H3/b9-6-. The third-order valence-electron chi connectivity index (χ3n) is 2.67. The minimum Gasteiger partial charge on any atom is -0.376 e. The Morgan fingerprint density at radius 2 is 1.76 bits per heavy atom. The highest BCUT2D eigenvalue weighted by Crippen LogP contribution is 2.26. The summed E-state index contributed by atoms with van der Waals surface area (Å²) in [4.78, 5) is 12.7. The van der Waals surface area contributed by atoms with E-state index in [0.29, 0.717) is 24.9 Å². The molecule has 1 rings (SSSR count). The van der Waals surface area contributed by atoms with E-state index in [-0.39, 0.29) is 0 Å². The molecule has 1 aliphatic heterocycles. The fourth-order valence-corrected chi connectivity index (χ4v) is 2.69. The van der Waals surface area contributed by atoms with E-state index in [9.17, 15) is 18.0 Å². The first-order valence-electron chi connectivity index (χ1n) is 5.43. The topological polar surface area (TPSA) is 20.3 Å². The van der Waals surface area contributed by atoms with Crippen LogP contribution in [0.3, 0.4) is 0 Å². The average molecular weight is 314 g/mol. The molecule has 0 amide bonds. The molecule has 0 saturated carbocycles. The van der Waals surface area contributed by atoms with Gasteiger partial charge in [0.25, 0.3) is 5.78 Å². The molecule has 2 nitrogen and oxygen atoms in total. The molecule has 1 saturated heterocycles. The fourth-order valence-electron chi connectivity index (χ4n) is 2.17. The minimum atomic E-state index is -4.82. The van der Waals surface area contributed by atoms with Crippen molar-refractivity contribution in [1.82, 2.24) is 4.90 Å². The molecular weight excluding hydrogens is 299 g/mol. The molecule has 1 fully saturated rings. The maximum atomic E-state index is 12.2. The van der Waals surface area contributed by atoms with Crippen LogP contribution in [-0.4, -0.2) is 29.9 Å². The van der Waals surface area contributed by atoms with Crippen molar-refractivity contribution in [3.8, 4) is 0 Å². The molecular formula is C11H15BrF3NO. The van der Waals surface area contributed by atoms with E-state index in [4.69, 9.17) is 0 Å². The van der Waals surface area contributed by atoms with Gasteiger partial charge in [-0.15, -0.1) is 0 Å². The number of likely N-dealkylation sites (tertiary alicyclic amines) is 1. The lowest BCUT2D eigenvalue weighted by molar-refractivity contribution is -0.165. The Labute approximate surface area is 107 Å². The van der Waals surface area contributed by atoms with Crippen LogP contribution in [-0.2, 0) is 4.79 Å². The van der Waals surface area contributed by atoms with E-state index in [1.54, 1.807) is 4.90 Å². The zero-order chi connectivity index (χ0) is 13.2. The third-order valence-corrected chi connectivity index (χ3v) is 3.23. The van der Waals surface area contributed by atoms with Crippen LogP contribution in [0.25, 0.3) is 0 Å². The van der Waals surface area contributed by atoms with E-state index < -0.39 is 16.4 Å². The van der Waals surface area contributed by atoms with Gasteiger partial charge < -0.3 is 4.90 Å². The second-order valence-electron chi connectivity index (χ2n) is 4.70. The molecule has 0 aromatic rings. The Balaban J connectivity index is 2.71. The van der Waals surface area contributed by atoms with Gasteiger partial charge in [0, 0.05) is 19.3 Å². The molecule has 0 aromatic carbocycles. The largest absolute Gasteiger partial charge is 0.455 e. The Morgan fingerprint density at radius 1 is 1.29 bits per heavy atom. The molecule has 0 aliphatic carbocycles. The maximum Gasteiger partial charge on any atom is 0.455 e. The van der Waals surface area contributed by atoms with Crippen molar-refractivity contribution in [2.24, 2.45) is 11.8 Å². The van der Waals surface area contributed by atoms with Crippen molar-refractivity contribution in [3.63, 3.8) is 0 Å². The number of halogens is 4. The van der Waals surface area contributed by atoms with Crippen molar-refractivity contribution in [3.05, 3.63) is 10.7 Å². The van der Waals surface area contributed by atoms with Crippen molar-refractivity contribution < 1.29 is 18.0 Å². The fraction of sp³-hybridized carbons (Fsp3) is 0.727. The lowest BCUT2D eigenvalue weighted by atomic mass is 9.92. The van der Waals surface area contributed by atoms with Gasteiger partial charge in [0.1, 0.15) is 0 Å². The average Bonchev–Trinajstić information content (AvgIpc) is 2.13. The summed E-state index contributed by atoms with van der Waals surface area (Å²) in [6.45, 7) is 5.47. The SMILES string of the molecule is CC1CC(C)CN(/C=C(\Br)C(=O)C(F)(F)F)C1. The van der Waals surface area contributed by atoms with Gasteiger partial charge in [0.2, 0.25) is 0 Å². The summed E-state index contributed by atoms with van der Waals surface area (Å²) in [5, 5.41) is 0. The predicted octanol–water partition coefficient (Wildman–Crippen LogP) is 3.33. The highest BCUT2D eigenvalue weighted by molar-refractivity contribution is 9.12. The van der Waals surface area contributed by atoms with Gasteiger partial charge in [-0.05, 0) is 34.2 Å². The van der Waals surface area contributed by atoms with Crippen molar-refractivity contribution >= 4 is 21.7 Å². The molecule has 0 radical (unpaired) electrons. The van der Waals surface area contributed by atoms with Crippen molar-refractivity contribution in [2.75, 3.05) is 13.1 Å². The summed E-state index contributed by atoms with van der Waals surface area (Å²) in [7, 11) is 0. The van der Waals surface area contributed by atoms with Gasteiger partial charge >= 0.3 is 6.18 Å². The first-order valence-corrected chi connectivity index (χ1v) is 6.22. The van der Waals surface area contributed by atoms with Crippen molar-refractivity contribution in [2.45, 2.75) is 26.4 Å². The molecule has 1 heterocycles. The Kier molecular flexibility index (Phi) is 4.63. The molecule has 17 heavy (non-hydrogen) atoms. The van der Waals surface area contributed by atoms with Gasteiger partial charge in [-0.1, -0.05) is 13.8 Å². The number of carbonyl (C=O) groups is 1. The summed E-state index contributed by atoms with van der Waals surface area (Å²) in [6.07, 6.45) is -2.49. The van der Waals surface area contributed by atoms with Crippen LogP contribution in [0, 0.1) is 11.8 Å². The lowest BCUT2D eigenvalue weighted by Gasteiger charge is -2.34. The Morgan fingerprint density at radius 3 is 2.18 bits per heavy atom. The first-order chi connectivity index (χ1) is 7.70. The number of allylic oxidation sites excluding steroid dienone is 1. The van der Waals surface area contributed by atoms with E-state index in [2.05, 4.69) is 29.8 Å². The molecule has 6 heteroatoms. The highest BCUT2D eigenvalue weighted by Gasteiger charge is 2.40. The quantitative estimate of drug-likeness (QED) is 0.729. The van der Waals surface area contributed by atoms with Crippen LogP contribution in [0.15, 0.2) is 10.7 Å². The highest BCUT2D eigenvalue weighted by atomic mass is 79.9. The van der Waals surface area contributed by atoms with Crippen LogP contribution < -0.4 is 0 Å². The van der Waals surface area contributed by atoms with Crippen LogP contribution >= 0.6 is 15.9 Å². The second-order valence-corrected chi connectivity index (χ2v) is 5.56. The smallest absolute Gasteiger partial charge is 0.376 e. The molecule has 0 aromatic heterocycles. The molecule has 1 aliphatic rings. The maximum absolute atomic E-state index is 12.2. The number of rotatable bonds is 2. The molecule has 2 atom stereocenters. The monoisotopic (exact) mass is 313 g/mol. The van der Waals surface area contributed by atoms with Crippen LogP contribution in [0.5, 0.6) is 0 Å². The number of hydrogen-bond acceptors (Lipinski definition) is 2. The summed E-state index contributed by atoms with van der Waals surface area (Å²) in [6, 6.07) is 0. The summed E-state index contributed by atoms with van der Waals surface area (Å²) in [5.41, 5.74) is 0. The van der Waals surface area contributed by atoms with E-state index in [1.807, 2.05) is 0 Å². The summed E-state index contributed by atoms with van der Waals surface area (Å²) < 4.78 is 36.1. The van der Waals surface area contributed by atoms with Gasteiger partial charge in [0.05, 0.1) is 4.48 Å². The first kappa shape index (κ1) is 14.5. The van der Waals surface area contributed by atoms with Gasteiger partial charge in [-0.3, -0.25) is 4.79 Å². The van der Waals surface area contributed by atoms with E-state index >= 15 is 0 Å². The van der Waals surface area contributed by atoms with Gasteiger partial charge in [-0.2, -0.15) is 13.2 Å². The zero-order valence-electron chi connectivity index (χ0n) is 9.72. The predicted molar refractivity (Wildman–Crippen MR) is 62.6 cm³/mol. The van der Waals surface area contributed by atoms with Crippen LogP contribution in [0.2, 0.25) is 0 Å². The van der Waals surface area contributed by atoms with E-state index in [1.165, 1.54) is 6.20 Å². The molecule has 98 valence electrons. The molecule has 2 unspecified atom stereocenters. The normalized spacial score (nSPS) is 27.2. The minimum absolute atomic E-state index is 0.425. The number of hydrogen-bond donors (Lipinski definition) is 0. The summed E-state index contributed by atoms with van der Waals surface area (Å²) >= 11 is 2.70. The second kappa shape index (κ2) is 5.42. The molecule has 0 bridgehead atoms. The summed E-state index contributed by atoms with van der Waals surface area (Å²) in [5.74, 6) is -0.976. The van der Waals surface area contributed by atoms with Crippen LogP contribution in [0.4, 0.5) is 13.2 Å². The number of piperidine rings is 1. The van der Waals surface area contributed by atoms with Gasteiger partial charge in [0.15, 0.2) is 0 Å². The number of nitrogens with zero attached hydrogens (tertiary/aromatic N) is 1. The third kappa shape index (κ3) is 4.33. The number of carbonyl (C=O) groups excluding carboxylic acids is 1. The van der Waals surface area contributed by atoms with Gasteiger partial charge in [-0.25, -0.2) is 0 Å². The molecule has 0 spiro atoms. The van der Waals surface area contributed by atoms with Crippen molar-refractivity contribution in [1.29, 1.82) is 0 Å². The number of ketones is 1.